The molecule has 3 heterocycles. The normalized spacial score (nSPS) is 30.0. The zero-order valence-electron chi connectivity index (χ0n) is 18.2. The number of morpholine rings is 1. The highest BCUT2D eigenvalue weighted by atomic mass is 19.1. The third-order valence-electron chi connectivity index (χ3n) is 8.19. The van der Waals surface area contributed by atoms with Crippen molar-refractivity contribution in [2.75, 3.05) is 26.2 Å². The fraction of sp³-hybridized carbons (Fsp3) is 0.500. The van der Waals surface area contributed by atoms with E-state index in [1.54, 1.807) is 6.34 Å². The van der Waals surface area contributed by atoms with Crippen molar-refractivity contribution in [1.82, 2.24) is 15.1 Å². The number of hydrogen-bond donors (Lipinski definition) is 0. The quantitative estimate of drug-likeness (QED) is 0.719. The van der Waals surface area contributed by atoms with E-state index in [4.69, 9.17) is 4.74 Å². The number of fused-ring (bicyclic) bond motifs is 5. The molecule has 166 valence electrons. The molecule has 32 heavy (non-hydrogen) atoms. The van der Waals surface area contributed by atoms with Crippen LogP contribution < -0.4 is 0 Å². The Hall–Kier alpha value is -2.74. The molecule has 2 bridgehead atoms. The predicted molar refractivity (Wildman–Crippen MR) is 117 cm³/mol. The molecule has 2 aliphatic heterocycles. The number of rotatable bonds is 2. The summed E-state index contributed by atoms with van der Waals surface area (Å²) in [5.74, 6) is -0.0196. The van der Waals surface area contributed by atoms with E-state index in [1.165, 1.54) is 18.2 Å². The summed E-state index contributed by atoms with van der Waals surface area (Å²) >= 11 is 0. The summed E-state index contributed by atoms with van der Waals surface area (Å²) in [5.41, 5.74) is 1.70. The number of hydrogen-bond acceptors (Lipinski definition) is 6. The molecule has 0 spiro atoms. The van der Waals surface area contributed by atoms with Gasteiger partial charge >= 0.3 is 0 Å². The molecule has 1 saturated heterocycles. The highest BCUT2D eigenvalue weighted by Crippen LogP contribution is 2.69. The minimum atomic E-state index is -0.623. The van der Waals surface area contributed by atoms with Crippen LogP contribution in [0.4, 0.5) is 8.78 Å². The third kappa shape index (κ3) is 2.53. The van der Waals surface area contributed by atoms with Crippen molar-refractivity contribution in [3.8, 4) is 11.3 Å². The second kappa shape index (κ2) is 6.88. The van der Waals surface area contributed by atoms with Crippen LogP contribution in [-0.4, -0.2) is 59.6 Å². The average Bonchev–Trinajstić information content (AvgIpc) is 3.45. The molecule has 3 atom stereocenters. The Morgan fingerprint density at radius 2 is 1.97 bits per heavy atom. The first-order chi connectivity index (χ1) is 15.4. The number of halogens is 2. The van der Waals surface area contributed by atoms with Gasteiger partial charge in [-0.15, -0.1) is 0 Å². The van der Waals surface area contributed by atoms with E-state index in [0.29, 0.717) is 13.2 Å². The van der Waals surface area contributed by atoms with Crippen LogP contribution in [-0.2, 0) is 10.2 Å². The van der Waals surface area contributed by atoms with E-state index in [1.807, 2.05) is 6.07 Å². The number of aliphatic imine (C=N–C) groups is 2. The molecule has 0 radical (unpaired) electrons. The fourth-order valence-corrected chi connectivity index (χ4v) is 6.58. The van der Waals surface area contributed by atoms with Crippen LogP contribution in [0.1, 0.15) is 43.9 Å². The van der Waals surface area contributed by atoms with Gasteiger partial charge in [-0.25, -0.2) is 13.8 Å². The minimum Gasteiger partial charge on any atom is -0.374 e. The average molecular weight is 437 g/mol. The first-order valence-electron chi connectivity index (χ1n) is 11.2. The van der Waals surface area contributed by atoms with Gasteiger partial charge in [0.15, 0.2) is 0 Å². The second-order valence-corrected chi connectivity index (χ2v) is 9.72. The Balaban J connectivity index is 1.42. The van der Waals surface area contributed by atoms with Crippen LogP contribution in [0.25, 0.3) is 11.3 Å². The largest absolute Gasteiger partial charge is 0.374 e. The van der Waals surface area contributed by atoms with Crippen molar-refractivity contribution < 1.29 is 13.5 Å². The summed E-state index contributed by atoms with van der Waals surface area (Å²) in [6.07, 6.45) is 3.51. The third-order valence-corrected chi connectivity index (χ3v) is 8.19. The van der Waals surface area contributed by atoms with Gasteiger partial charge in [0.25, 0.3) is 0 Å². The summed E-state index contributed by atoms with van der Waals surface area (Å²) < 4.78 is 35.3. The lowest BCUT2D eigenvalue weighted by molar-refractivity contribution is -0.0777. The minimum absolute atomic E-state index is 0.0638. The molecular weight excluding hydrogens is 412 g/mol. The Kier molecular flexibility index (Phi) is 4.28. The molecular formula is C24H25F2N5O. The Bertz CT molecular complexity index is 1140. The molecule has 6 rings (SSSR count). The van der Waals surface area contributed by atoms with E-state index >= 15 is 0 Å². The second-order valence-electron chi connectivity index (χ2n) is 9.72. The van der Waals surface area contributed by atoms with Crippen molar-refractivity contribution >= 4 is 12.2 Å². The Morgan fingerprint density at radius 1 is 1.16 bits per heavy atom. The van der Waals surface area contributed by atoms with Gasteiger partial charge in [-0.2, -0.15) is 10.2 Å². The van der Waals surface area contributed by atoms with Crippen molar-refractivity contribution in [3.05, 3.63) is 47.2 Å². The predicted octanol–water partition coefficient (Wildman–Crippen LogP) is 3.72. The lowest BCUT2D eigenvalue weighted by Crippen LogP contribution is -2.57. The van der Waals surface area contributed by atoms with Gasteiger partial charge < -0.3 is 9.64 Å². The summed E-state index contributed by atoms with van der Waals surface area (Å²) in [4.78, 5) is 10.9. The molecule has 4 aliphatic rings. The van der Waals surface area contributed by atoms with Crippen molar-refractivity contribution in [2.45, 2.75) is 44.1 Å². The SMILES string of the molecule is CC1(C)[C@H]2CC[C@]1([C@H]1CN(C3=NC=NC3)CCO1)c1nnc(-c3c(F)cccc3F)cc12. The molecule has 1 saturated carbocycles. The van der Waals surface area contributed by atoms with Gasteiger partial charge in [-0.3, -0.25) is 4.99 Å². The van der Waals surface area contributed by atoms with E-state index in [0.717, 1.165) is 43.0 Å². The van der Waals surface area contributed by atoms with Gasteiger partial charge in [0, 0.05) is 18.5 Å². The van der Waals surface area contributed by atoms with Crippen LogP contribution in [0, 0.1) is 17.0 Å². The first kappa shape index (κ1) is 19.9. The van der Waals surface area contributed by atoms with Gasteiger partial charge in [0.2, 0.25) is 0 Å². The van der Waals surface area contributed by atoms with Gasteiger partial charge in [-0.05, 0) is 47.9 Å². The summed E-state index contributed by atoms with van der Waals surface area (Å²) in [7, 11) is 0. The molecule has 0 unspecified atom stereocenters. The van der Waals surface area contributed by atoms with Gasteiger partial charge in [-0.1, -0.05) is 19.9 Å². The van der Waals surface area contributed by atoms with E-state index < -0.39 is 11.6 Å². The smallest absolute Gasteiger partial charge is 0.135 e. The van der Waals surface area contributed by atoms with Crippen LogP contribution in [0.5, 0.6) is 0 Å². The van der Waals surface area contributed by atoms with Crippen LogP contribution in [0.2, 0.25) is 0 Å². The monoisotopic (exact) mass is 437 g/mol. The van der Waals surface area contributed by atoms with Gasteiger partial charge in [0.1, 0.15) is 23.8 Å². The molecule has 2 fully saturated rings. The van der Waals surface area contributed by atoms with E-state index in [2.05, 4.69) is 38.9 Å². The Labute approximate surface area is 185 Å². The number of benzene rings is 1. The summed E-state index contributed by atoms with van der Waals surface area (Å²) in [6, 6.07) is 5.73. The first-order valence-corrected chi connectivity index (χ1v) is 11.2. The van der Waals surface area contributed by atoms with Crippen molar-refractivity contribution in [1.29, 1.82) is 0 Å². The highest BCUT2D eigenvalue weighted by molar-refractivity contribution is 5.94. The maximum absolute atomic E-state index is 14.4. The number of aromatic nitrogens is 2. The van der Waals surface area contributed by atoms with Crippen molar-refractivity contribution in [2.24, 2.45) is 15.4 Å². The standard InChI is InChI=1S/C24H25F2N5O/c1-23(2)15-6-7-24(23,19-12-31(8-9-32-19)20-11-27-13-28-20)22-14(15)10-18(29-30-22)21-16(25)4-3-5-17(21)26/h3-5,10,13,15,19H,6-9,11-12H2,1-2H3/t15-,19+,24-/m0/s1. The maximum atomic E-state index is 14.4. The highest BCUT2D eigenvalue weighted by Gasteiger charge is 2.67. The molecule has 0 amide bonds. The van der Waals surface area contributed by atoms with Crippen LogP contribution in [0.3, 0.4) is 0 Å². The fourth-order valence-electron chi connectivity index (χ4n) is 6.58. The number of amidine groups is 1. The van der Waals surface area contributed by atoms with E-state index in [9.17, 15) is 8.78 Å². The molecule has 2 aromatic rings. The Morgan fingerprint density at radius 3 is 2.72 bits per heavy atom. The van der Waals surface area contributed by atoms with Gasteiger partial charge in [0.05, 0.1) is 36.2 Å². The van der Waals surface area contributed by atoms with Crippen molar-refractivity contribution in [3.63, 3.8) is 0 Å². The molecule has 1 aromatic carbocycles. The lowest BCUT2D eigenvalue weighted by Gasteiger charge is -2.48. The zero-order valence-corrected chi connectivity index (χ0v) is 18.2. The molecule has 0 N–H and O–H groups in total. The van der Waals surface area contributed by atoms with Crippen LogP contribution in [0.15, 0.2) is 34.3 Å². The molecule has 2 aliphatic carbocycles. The number of nitrogens with zero attached hydrogens (tertiary/aromatic N) is 5. The summed E-state index contributed by atoms with van der Waals surface area (Å²) in [5, 5.41) is 8.95. The maximum Gasteiger partial charge on any atom is 0.135 e. The van der Waals surface area contributed by atoms with E-state index in [-0.39, 0.29) is 34.1 Å². The zero-order chi connectivity index (χ0) is 22.1. The van der Waals surface area contributed by atoms with Crippen LogP contribution >= 0.6 is 0 Å². The summed E-state index contributed by atoms with van der Waals surface area (Å²) in [6.45, 7) is 7.29. The number of ether oxygens (including phenoxy) is 1. The molecule has 6 nitrogen and oxygen atoms in total. The molecule has 1 aromatic heterocycles. The lowest BCUT2D eigenvalue weighted by atomic mass is 9.64. The molecule has 8 heteroatoms. The topological polar surface area (TPSA) is 63.0 Å².